The third kappa shape index (κ3) is 10.5. The summed E-state index contributed by atoms with van der Waals surface area (Å²) >= 11 is -4.70. The first-order valence-electron chi connectivity index (χ1n) is 6.58. The molecule has 21 heavy (non-hydrogen) atoms. The zero-order valence-electron chi connectivity index (χ0n) is 12.8. The van der Waals surface area contributed by atoms with Crippen LogP contribution in [0.15, 0.2) is 0 Å². The van der Waals surface area contributed by atoms with Gasteiger partial charge in [0, 0.05) is 0 Å². The van der Waals surface area contributed by atoms with Crippen LogP contribution in [0.5, 0.6) is 0 Å². The first kappa shape index (κ1) is 20.1. The molecular weight excluding hydrogens is 316 g/mol. The molecule has 0 spiro atoms. The van der Waals surface area contributed by atoms with Crippen molar-refractivity contribution in [2.45, 2.75) is 51.4 Å². The number of ketones is 4. The Labute approximate surface area is 128 Å². The van der Waals surface area contributed by atoms with Crippen LogP contribution in [0.25, 0.3) is 0 Å². The molecule has 1 unspecified atom stereocenters. The second kappa shape index (κ2) is 9.20. The average molecular weight is 337 g/mol. The van der Waals surface area contributed by atoms with E-state index < -0.39 is 46.3 Å². The summed E-state index contributed by atoms with van der Waals surface area (Å²) in [6.45, 7) is 5.20. The van der Waals surface area contributed by atoms with E-state index in [0.717, 1.165) is 0 Å². The van der Waals surface area contributed by atoms with Gasteiger partial charge >= 0.3 is 128 Å². The molecule has 0 saturated carbocycles. The molecule has 0 aromatic carbocycles. The van der Waals surface area contributed by atoms with E-state index in [1.54, 1.807) is 13.8 Å². The maximum atomic E-state index is 12.5. The van der Waals surface area contributed by atoms with Gasteiger partial charge in [-0.3, -0.25) is 0 Å². The minimum atomic E-state index is -4.70. The van der Waals surface area contributed by atoms with E-state index in [1.165, 1.54) is 13.8 Å². The van der Waals surface area contributed by atoms with Crippen LogP contribution in [0, 0.1) is 0 Å². The molecule has 1 atom stereocenters. The number of carbonyl (C=O) groups excluding carboxylic acids is 4. The molecule has 0 aromatic heterocycles. The van der Waals surface area contributed by atoms with Gasteiger partial charge in [-0.1, -0.05) is 0 Å². The first-order chi connectivity index (χ1) is 9.54. The zero-order valence-corrected chi connectivity index (χ0v) is 14.3. The molecule has 0 heterocycles. The molecule has 0 aliphatic rings. The quantitative estimate of drug-likeness (QED) is 0.413. The third-order valence-electron chi connectivity index (χ3n) is 2.17. The molecule has 0 saturated heterocycles. The predicted octanol–water partition coefficient (Wildman–Crippen LogP) is 1.27. The summed E-state index contributed by atoms with van der Waals surface area (Å²) in [5, 5.41) is 0. The fourth-order valence-corrected chi connectivity index (χ4v) is 4.65. The van der Waals surface area contributed by atoms with E-state index >= 15 is 0 Å². The molecule has 0 radical (unpaired) electrons. The normalized spacial score (nSPS) is 13.8. The van der Waals surface area contributed by atoms with Gasteiger partial charge in [-0.2, -0.15) is 0 Å². The SMILES string of the molecule is CC(=O)CC(=O)C[O][Ti](=[O])([CH2]C(=O)CC(C)=O)[O]C(C)C. The standard InChI is InChI=1S/C5H7O3.C5H7O2.C3H7O.O.Ti/c1-4(7)2-5(8)3-6;1-4(6)3-5(2)7;1-3(2)4;;/h2-3H2,1H3;1,3H2,2H3;3H,1-2H3;;/q-1;;-1;;+2. The molecule has 8 heteroatoms. The van der Waals surface area contributed by atoms with Crippen molar-refractivity contribution in [2.75, 3.05) is 6.61 Å². The summed E-state index contributed by atoms with van der Waals surface area (Å²) in [6, 6.07) is 0. The molecule has 0 amide bonds. The molecule has 0 rings (SSSR count). The summed E-state index contributed by atoms with van der Waals surface area (Å²) in [5.74, 6) is -1.75. The fraction of sp³-hybridized carbons (Fsp3) is 0.692. The van der Waals surface area contributed by atoms with Gasteiger partial charge in [0.05, 0.1) is 0 Å². The summed E-state index contributed by atoms with van der Waals surface area (Å²) in [5.41, 5.74) is 0. The van der Waals surface area contributed by atoms with Crippen molar-refractivity contribution in [2.24, 2.45) is 0 Å². The van der Waals surface area contributed by atoms with Crippen molar-refractivity contribution in [3.05, 3.63) is 0 Å². The van der Waals surface area contributed by atoms with Crippen LogP contribution in [0.3, 0.4) is 0 Å². The van der Waals surface area contributed by atoms with Crippen LogP contribution in [0.4, 0.5) is 0 Å². The number of hydrogen-bond acceptors (Lipinski definition) is 7. The van der Waals surface area contributed by atoms with Crippen LogP contribution < -0.4 is 0 Å². The molecule has 119 valence electrons. The van der Waals surface area contributed by atoms with Gasteiger partial charge in [-0.25, -0.2) is 0 Å². The van der Waals surface area contributed by atoms with Crippen molar-refractivity contribution >= 4 is 23.1 Å². The van der Waals surface area contributed by atoms with Crippen LogP contribution >= 0.6 is 0 Å². The Bertz CT molecular complexity index is 467. The van der Waals surface area contributed by atoms with Crippen molar-refractivity contribution in [3.63, 3.8) is 0 Å². The average Bonchev–Trinajstić information content (AvgIpc) is 2.22. The summed E-state index contributed by atoms with van der Waals surface area (Å²) in [7, 11) is 0. The van der Waals surface area contributed by atoms with E-state index in [-0.39, 0.29) is 24.4 Å². The van der Waals surface area contributed by atoms with Gasteiger partial charge in [0.2, 0.25) is 0 Å². The van der Waals surface area contributed by atoms with Crippen LogP contribution in [-0.4, -0.2) is 35.8 Å². The van der Waals surface area contributed by atoms with Crippen molar-refractivity contribution in [1.82, 2.24) is 0 Å². The number of rotatable bonds is 11. The van der Waals surface area contributed by atoms with Crippen molar-refractivity contribution < 1.29 is 46.5 Å². The second-order valence-electron chi connectivity index (χ2n) is 5.15. The number of hydrogen-bond donors (Lipinski definition) is 0. The van der Waals surface area contributed by atoms with E-state index in [4.69, 9.17) is 6.64 Å². The Morgan fingerprint density at radius 2 is 1.43 bits per heavy atom. The van der Waals surface area contributed by atoms with Gasteiger partial charge in [0.1, 0.15) is 0 Å². The molecule has 0 bridgehead atoms. The molecule has 0 N–H and O–H groups in total. The summed E-state index contributed by atoms with van der Waals surface area (Å²) < 4.78 is 22.2. The van der Waals surface area contributed by atoms with Crippen molar-refractivity contribution in [3.8, 4) is 0 Å². The van der Waals surface area contributed by atoms with Gasteiger partial charge < -0.3 is 0 Å². The fourth-order valence-electron chi connectivity index (χ4n) is 1.59. The van der Waals surface area contributed by atoms with E-state index in [2.05, 4.69) is 0 Å². The van der Waals surface area contributed by atoms with Crippen LogP contribution in [0.1, 0.15) is 40.5 Å². The van der Waals surface area contributed by atoms with Crippen molar-refractivity contribution in [1.29, 1.82) is 0 Å². The maximum absolute atomic E-state index is 12.5. The van der Waals surface area contributed by atoms with Gasteiger partial charge in [0.15, 0.2) is 0 Å². The summed E-state index contributed by atoms with van der Waals surface area (Å²) in [6.07, 6.45) is -1.11. The predicted molar refractivity (Wildman–Crippen MR) is 68.3 cm³/mol. The monoisotopic (exact) mass is 337 g/mol. The van der Waals surface area contributed by atoms with Crippen LogP contribution in [-0.2, 0) is 46.5 Å². The van der Waals surface area contributed by atoms with E-state index in [0.29, 0.717) is 0 Å². The molecule has 0 fully saturated rings. The zero-order chi connectivity index (χ0) is 16.6. The second-order valence-corrected chi connectivity index (χ2v) is 8.65. The van der Waals surface area contributed by atoms with Gasteiger partial charge in [-0.05, 0) is 0 Å². The van der Waals surface area contributed by atoms with E-state index in [9.17, 15) is 22.5 Å². The molecular formula is C13H21O7Ti. The number of Topliss-reactive ketones (excluding diaryl/α,β-unsaturated/α-hetero) is 4. The Morgan fingerprint density at radius 1 is 0.952 bits per heavy atom. The Hall–Kier alpha value is -0.886. The summed E-state index contributed by atoms with van der Waals surface area (Å²) in [4.78, 5) is 44.7. The minimum absolute atomic E-state index is 0.318. The molecule has 7 nitrogen and oxygen atoms in total. The first-order valence-corrected chi connectivity index (χ1v) is 9.60. The Balaban J connectivity index is 4.72. The van der Waals surface area contributed by atoms with Crippen LogP contribution in [0.2, 0.25) is 4.73 Å². The molecule has 0 aromatic rings. The number of carbonyl (C=O) groups is 4. The van der Waals surface area contributed by atoms with Gasteiger partial charge in [-0.15, -0.1) is 0 Å². The Kier molecular flexibility index (Phi) is 8.81. The van der Waals surface area contributed by atoms with E-state index in [1.807, 2.05) is 0 Å². The topological polar surface area (TPSA) is 104 Å². The molecule has 0 aliphatic heterocycles. The molecule has 0 aliphatic carbocycles. The Morgan fingerprint density at radius 3 is 1.86 bits per heavy atom. The van der Waals surface area contributed by atoms with Gasteiger partial charge in [0.25, 0.3) is 0 Å². The third-order valence-corrected chi connectivity index (χ3v) is 5.68.